The van der Waals surface area contributed by atoms with Gasteiger partial charge in [-0.25, -0.2) is 8.78 Å². The molecule has 0 aromatic heterocycles. The Morgan fingerprint density at radius 3 is 2.68 bits per heavy atom. The highest BCUT2D eigenvalue weighted by molar-refractivity contribution is 5.86. The molecule has 2 N–H and O–H groups in total. The summed E-state index contributed by atoms with van der Waals surface area (Å²) in [6, 6.07) is 10.7. The predicted octanol–water partition coefficient (Wildman–Crippen LogP) is 2.62. The highest BCUT2D eigenvalue weighted by atomic mass is 19.1. The number of benzene rings is 2. The number of carbonyl (C=O) groups excluding carboxylic acids is 1. The Balaban J connectivity index is 1.65. The standard InChI is InChI=1S/C21H24F2N2O3/c1-28-17-7-8-19(23)16(11-17)13-25-10-4-9-21(27,20(25)26)14-24-12-15-5-2-3-6-18(15)22/h2-3,5-8,11,24,27H,4,9-10,12-14H2,1H3/t21-/m0/s1. The fourth-order valence-corrected chi connectivity index (χ4v) is 3.43. The third-order valence-electron chi connectivity index (χ3n) is 5.01. The largest absolute Gasteiger partial charge is 0.497 e. The molecule has 1 amide bonds. The van der Waals surface area contributed by atoms with Crippen molar-refractivity contribution in [3.05, 3.63) is 65.2 Å². The monoisotopic (exact) mass is 390 g/mol. The van der Waals surface area contributed by atoms with Crippen molar-refractivity contribution in [3.8, 4) is 5.75 Å². The third-order valence-corrected chi connectivity index (χ3v) is 5.01. The molecule has 0 aliphatic carbocycles. The molecule has 1 fully saturated rings. The average molecular weight is 390 g/mol. The smallest absolute Gasteiger partial charge is 0.256 e. The number of nitrogens with zero attached hydrogens (tertiary/aromatic N) is 1. The van der Waals surface area contributed by atoms with Gasteiger partial charge in [-0.05, 0) is 37.1 Å². The number of likely N-dealkylation sites (tertiary alicyclic amines) is 1. The first-order valence-electron chi connectivity index (χ1n) is 9.21. The van der Waals surface area contributed by atoms with Crippen LogP contribution >= 0.6 is 0 Å². The minimum atomic E-state index is -1.60. The topological polar surface area (TPSA) is 61.8 Å². The Bertz CT molecular complexity index is 846. The summed E-state index contributed by atoms with van der Waals surface area (Å²) in [5.74, 6) is -0.725. The highest BCUT2D eigenvalue weighted by Crippen LogP contribution is 2.26. The highest BCUT2D eigenvalue weighted by Gasteiger charge is 2.41. The maximum Gasteiger partial charge on any atom is 0.256 e. The lowest BCUT2D eigenvalue weighted by Gasteiger charge is -2.38. The van der Waals surface area contributed by atoms with Gasteiger partial charge in [0.15, 0.2) is 5.60 Å². The summed E-state index contributed by atoms with van der Waals surface area (Å²) in [7, 11) is 1.49. The number of hydrogen-bond acceptors (Lipinski definition) is 4. The molecule has 1 aliphatic heterocycles. The van der Waals surface area contributed by atoms with Crippen LogP contribution < -0.4 is 10.1 Å². The summed E-state index contributed by atoms with van der Waals surface area (Å²) < 4.78 is 32.9. The van der Waals surface area contributed by atoms with E-state index in [1.807, 2.05) is 0 Å². The second-order valence-electron chi connectivity index (χ2n) is 7.01. The van der Waals surface area contributed by atoms with Gasteiger partial charge in [-0.2, -0.15) is 0 Å². The molecule has 0 spiro atoms. The zero-order valence-electron chi connectivity index (χ0n) is 15.8. The molecular weight excluding hydrogens is 366 g/mol. The minimum absolute atomic E-state index is 0.00272. The van der Waals surface area contributed by atoms with Gasteiger partial charge in [-0.3, -0.25) is 4.79 Å². The lowest BCUT2D eigenvalue weighted by molar-refractivity contribution is -0.157. The number of amides is 1. The van der Waals surface area contributed by atoms with Gasteiger partial charge < -0.3 is 20.1 Å². The maximum atomic E-state index is 14.1. The summed E-state index contributed by atoms with van der Waals surface area (Å²) in [6.07, 6.45) is 0.891. The Hall–Kier alpha value is -2.51. The molecule has 2 aromatic carbocycles. The van der Waals surface area contributed by atoms with Crippen molar-refractivity contribution in [1.29, 1.82) is 0 Å². The molecule has 7 heteroatoms. The zero-order valence-corrected chi connectivity index (χ0v) is 15.8. The summed E-state index contributed by atoms with van der Waals surface area (Å²) in [5.41, 5.74) is -0.806. The summed E-state index contributed by atoms with van der Waals surface area (Å²) in [6.45, 7) is 0.687. The van der Waals surface area contributed by atoms with Gasteiger partial charge >= 0.3 is 0 Å². The molecule has 0 unspecified atom stereocenters. The summed E-state index contributed by atoms with van der Waals surface area (Å²) in [5, 5.41) is 13.8. The SMILES string of the molecule is COc1ccc(F)c(CN2CCC[C@](O)(CNCc3ccccc3F)C2=O)c1. The van der Waals surface area contributed by atoms with Crippen LogP contribution in [0.2, 0.25) is 0 Å². The first kappa shape index (κ1) is 20.2. The van der Waals surface area contributed by atoms with Crippen LogP contribution in [0, 0.1) is 11.6 Å². The van der Waals surface area contributed by atoms with Gasteiger partial charge in [-0.15, -0.1) is 0 Å². The number of nitrogens with one attached hydrogen (secondary N) is 1. The predicted molar refractivity (Wildman–Crippen MR) is 101 cm³/mol. The number of ether oxygens (including phenoxy) is 1. The second-order valence-corrected chi connectivity index (χ2v) is 7.01. The number of hydrogen-bond donors (Lipinski definition) is 2. The van der Waals surface area contributed by atoms with Crippen LogP contribution in [0.15, 0.2) is 42.5 Å². The minimum Gasteiger partial charge on any atom is -0.497 e. The number of methoxy groups -OCH3 is 1. The van der Waals surface area contributed by atoms with E-state index in [2.05, 4.69) is 5.32 Å². The quantitative estimate of drug-likeness (QED) is 0.763. The van der Waals surface area contributed by atoms with E-state index in [-0.39, 0.29) is 25.5 Å². The molecule has 1 aliphatic rings. The van der Waals surface area contributed by atoms with Crippen LogP contribution in [0.5, 0.6) is 5.75 Å². The van der Waals surface area contributed by atoms with Crippen LogP contribution in [-0.4, -0.2) is 41.7 Å². The number of aliphatic hydroxyl groups is 1. The summed E-state index contributed by atoms with van der Waals surface area (Å²) >= 11 is 0. The van der Waals surface area contributed by atoms with Gasteiger partial charge in [0, 0.05) is 37.3 Å². The first-order chi connectivity index (χ1) is 13.4. The Labute approximate surface area is 162 Å². The van der Waals surface area contributed by atoms with Crippen molar-refractivity contribution in [3.63, 3.8) is 0 Å². The average Bonchev–Trinajstić information content (AvgIpc) is 2.69. The molecule has 0 radical (unpaired) electrons. The van der Waals surface area contributed by atoms with E-state index in [9.17, 15) is 18.7 Å². The van der Waals surface area contributed by atoms with Gasteiger partial charge in [0.05, 0.1) is 7.11 Å². The molecule has 1 atom stereocenters. The fraction of sp³-hybridized carbons (Fsp3) is 0.381. The number of rotatable bonds is 7. The molecule has 0 bridgehead atoms. The van der Waals surface area contributed by atoms with Crippen molar-refractivity contribution in [2.45, 2.75) is 31.5 Å². The van der Waals surface area contributed by atoms with Gasteiger partial charge in [0.25, 0.3) is 5.91 Å². The molecule has 150 valence electrons. The molecule has 2 aromatic rings. The first-order valence-corrected chi connectivity index (χ1v) is 9.21. The van der Waals surface area contributed by atoms with Gasteiger partial charge in [-0.1, -0.05) is 18.2 Å². The van der Waals surface area contributed by atoms with E-state index < -0.39 is 17.3 Å². The maximum absolute atomic E-state index is 14.1. The van der Waals surface area contributed by atoms with Crippen molar-refractivity contribution in [2.24, 2.45) is 0 Å². The molecular formula is C21H24F2N2O3. The van der Waals surface area contributed by atoms with E-state index >= 15 is 0 Å². The van der Waals surface area contributed by atoms with E-state index in [1.165, 1.54) is 30.2 Å². The van der Waals surface area contributed by atoms with Crippen molar-refractivity contribution in [1.82, 2.24) is 10.2 Å². The van der Waals surface area contributed by atoms with Gasteiger partial charge in [0.1, 0.15) is 17.4 Å². The van der Waals surface area contributed by atoms with E-state index in [1.54, 1.807) is 24.3 Å². The lowest BCUT2D eigenvalue weighted by Crippen LogP contribution is -2.57. The van der Waals surface area contributed by atoms with Crippen LogP contribution in [0.4, 0.5) is 8.78 Å². The fourth-order valence-electron chi connectivity index (χ4n) is 3.43. The molecule has 1 heterocycles. The molecule has 5 nitrogen and oxygen atoms in total. The van der Waals surface area contributed by atoms with Crippen LogP contribution in [-0.2, 0) is 17.9 Å². The van der Waals surface area contributed by atoms with E-state index in [0.717, 1.165) is 0 Å². The zero-order chi connectivity index (χ0) is 20.1. The molecule has 3 rings (SSSR count). The summed E-state index contributed by atoms with van der Waals surface area (Å²) in [4.78, 5) is 14.3. The van der Waals surface area contributed by atoms with Crippen molar-refractivity contribution in [2.75, 3.05) is 20.2 Å². The molecule has 1 saturated heterocycles. The van der Waals surface area contributed by atoms with Crippen LogP contribution in [0.25, 0.3) is 0 Å². The third kappa shape index (κ3) is 4.48. The number of halogens is 2. The Morgan fingerprint density at radius 2 is 1.93 bits per heavy atom. The van der Waals surface area contributed by atoms with Crippen LogP contribution in [0.3, 0.4) is 0 Å². The van der Waals surface area contributed by atoms with Gasteiger partial charge in [0.2, 0.25) is 0 Å². The Kier molecular flexibility index (Phi) is 6.26. The van der Waals surface area contributed by atoms with Crippen LogP contribution in [0.1, 0.15) is 24.0 Å². The van der Waals surface area contributed by atoms with Crippen molar-refractivity contribution >= 4 is 5.91 Å². The lowest BCUT2D eigenvalue weighted by atomic mass is 9.91. The number of carbonyl (C=O) groups is 1. The Morgan fingerprint density at radius 1 is 1.18 bits per heavy atom. The molecule has 0 saturated carbocycles. The second kappa shape index (κ2) is 8.67. The number of piperidine rings is 1. The van der Waals surface area contributed by atoms with E-state index in [4.69, 9.17) is 4.74 Å². The normalized spacial score (nSPS) is 19.7. The van der Waals surface area contributed by atoms with E-state index in [0.29, 0.717) is 36.3 Å². The molecule has 28 heavy (non-hydrogen) atoms. The van der Waals surface area contributed by atoms with Crippen molar-refractivity contribution < 1.29 is 23.4 Å².